The first-order chi connectivity index (χ1) is 12.3. The number of aliphatic imine (C=N–C) groups is 1. The van der Waals surface area contributed by atoms with Crippen molar-refractivity contribution in [2.24, 2.45) is 4.99 Å². The number of rotatable bonds is 6. The van der Waals surface area contributed by atoms with Crippen LogP contribution >= 0.6 is 11.6 Å². The summed E-state index contributed by atoms with van der Waals surface area (Å²) in [6.45, 7) is 1.61. The maximum atomic E-state index is 5.80. The second kappa shape index (κ2) is 8.53. The van der Waals surface area contributed by atoms with Crippen molar-refractivity contribution >= 4 is 28.5 Å². The third-order valence-electron chi connectivity index (χ3n) is 4.08. The number of hydrogen-bond acceptors (Lipinski definition) is 2. The van der Waals surface area contributed by atoms with Crippen molar-refractivity contribution in [2.45, 2.75) is 12.8 Å². The molecule has 25 heavy (non-hydrogen) atoms. The molecule has 0 aliphatic carbocycles. The van der Waals surface area contributed by atoms with Gasteiger partial charge in [0.15, 0.2) is 5.96 Å². The highest BCUT2D eigenvalue weighted by Crippen LogP contribution is 2.17. The van der Waals surface area contributed by atoms with Crippen LogP contribution in [0.5, 0.6) is 0 Å². The Labute approximate surface area is 152 Å². The molecule has 0 atom stereocenters. The maximum absolute atomic E-state index is 5.80. The summed E-state index contributed by atoms with van der Waals surface area (Å²) in [6, 6.07) is 12.2. The number of halogens is 1. The number of hydrogen-bond donors (Lipinski definition) is 3. The molecule has 0 amide bonds. The largest absolute Gasteiger partial charge is 0.361 e. The van der Waals surface area contributed by atoms with E-state index in [9.17, 15) is 0 Å². The Bertz CT molecular complexity index is 838. The molecule has 1 aromatic carbocycles. The lowest BCUT2D eigenvalue weighted by Crippen LogP contribution is -2.39. The average Bonchev–Trinajstić information content (AvgIpc) is 3.05. The van der Waals surface area contributed by atoms with Gasteiger partial charge in [0.2, 0.25) is 0 Å². The van der Waals surface area contributed by atoms with Crippen molar-refractivity contribution in [1.29, 1.82) is 0 Å². The van der Waals surface area contributed by atoms with Crippen molar-refractivity contribution in [3.63, 3.8) is 0 Å². The number of para-hydroxylation sites is 1. The van der Waals surface area contributed by atoms with Crippen LogP contribution in [0.4, 0.5) is 0 Å². The highest BCUT2D eigenvalue weighted by molar-refractivity contribution is 6.29. The summed E-state index contributed by atoms with van der Waals surface area (Å²) in [5.74, 6) is 0.807. The molecule has 3 aromatic rings. The van der Waals surface area contributed by atoms with E-state index in [1.54, 1.807) is 13.2 Å². The average molecular weight is 356 g/mol. The second-order valence-corrected chi connectivity index (χ2v) is 6.16. The van der Waals surface area contributed by atoms with Crippen molar-refractivity contribution < 1.29 is 0 Å². The van der Waals surface area contributed by atoms with E-state index in [-0.39, 0.29) is 0 Å². The molecule has 0 bridgehead atoms. The predicted octanol–water partition coefficient (Wildman–Crippen LogP) is 3.17. The van der Waals surface area contributed by atoms with E-state index in [1.807, 2.05) is 18.2 Å². The zero-order valence-corrected chi connectivity index (χ0v) is 15.0. The molecule has 0 saturated carbocycles. The van der Waals surface area contributed by atoms with Gasteiger partial charge in [-0.15, -0.1) is 0 Å². The van der Waals surface area contributed by atoms with Crippen molar-refractivity contribution in [3.05, 3.63) is 65.1 Å². The number of fused-ring (bicyclic) bond motifs is 1. The van der Waals surface area contributed by atoms with Gasteiger partial charge in [-0.05, 0) is 36.1 Å². The number of guanidine groups is 1. The lowest BCUT2D eigenvalue weighted by Gasteiger charge is -2.11. The summed E-state index contributed by atoms with van der Waals surface area (Å²) < 4.78 is 0. The molecule has 2 heterocycles. The van der Waals surface area contributed by atoms with Crippen LogP contribution in [0.15, 0.2) is 53.8 Å². The monoisotopic (exact) mass is 355 g/mol. The fourth-order valence-corrected chi connectivity index (χ4v) is 2.87. The molecule has 0 radical (unpaired) electrons. The predicted molar refractivity (Wildman–Crippen MR) is 104 cm³/mol. The van der Waals surface area contributed by atoms with Crippen LogP contribution in [0.3, 0.4) is 0 Å². The minimum absolute atomic E-state index is 0.520. The third-order valence-corrected chi connectivity index (χ3v) is 4.30. The van der Waals surface area contributed by atoms with E-state index in [2.05, 4.69) is 50.0 Å². The van der Waals surface area contributed by atoms with Gasteiger partial charge < -0.3 is 15.6 Å². The molecule has 3 N–H and O–H groups in total. The van der Waals surface area contributed by atoms with E-state index >= 15 is 0 Å². The second-order valence-electron chi connectivity index (χ2n) is 5.77. The standard InChI is InChI=1S/C19H22ClN5/c1-21-19(22-10-8-14-6-7-18(20)25-12-14)23-11-9-15-13-24-17-5-3-2-4-16(15)17/h2-7,12-13,24H,8-11H2,1H3,(H2,21,22,23). The van der Waals surface area contributed by atoms with Crippen LogP contribution in [-0.4, -0.2) is 36.1 Å². The van der Waals surface area contributed by atoms with Crippen LogP contribution in [0, 0.1) is 0 Å². The zero-order valence-electron chi connectivity index (χ0n) is 14.2. The Morgan fingerprint density at radius 3 is 2.68 bits per heavy atom. The van der Waals surface area contributed by atoms with E-state index in [1.165, 1.54) is 16.5 Å². The Hall–Kier alpha value is -2.53. The lowest BCUT2D eigenvalue weighted by atomic mass is 10.1. The molecule has 0 spiro atoms. The molecule has 130 valence electrons. The van der Waals surface area contributed by atoms with E-state index in [0.717, 1.165) is 37.5 Å². The van der Waals surface area contributed by atoms with Gasteiger partial charge in [0.1, 0.15) is 5.15 Å². The van der Waals surface area contributed by atoms with Crippen LogP contribution in [0.2, 0.25) is 5.15 Å². The molecule has 0 aliphatic rings. The molecular formula is C19H22ClN5. The molecule has 0 aliphatic heterocycles. The van der Waals surface area contributed by atoms with Gasteiger partial charge in [-0.3, -0.25) is 4.99 Å². The van der Waals surface area contributed by atoms with Gasteiger partial charge in [-0.2, -0.15) is 0 Å². The first kappa shape index (κ1) is 17.3. The minimum atomic E-state index is 0.520. The topological polar surface area (TPSA) is 65.1 Å². The summed E-state index contributed by atoms with van der Waals surface area (Å²) in [5, 5.41) is 8.48. The highest BCUT2D eigenvalue weighted by atomic mass is 35.5. The molecule has 3 rings (SSSR count). The van der Waals surface area contributed by atoms with Gasteiger partial charge in [0.25, 0.3) is 0 Å². The van der Waals surface area contributed by atoms with E-state index in [0.29, 0.717) is 5.15 Å². The molecule has 2 aromatic heterocycles. The van der Waals surface area contributed by atoms with E-state index in [4.69, 9.17) is 11.6 Å². The van der Waals surface area contributed by atoms with Gasteiger partial charge in [0.05, 0.1) is 0 Å². The number of aromatic nitrogens is 2. The van der Waals surface area contributed by atoms with Gasteiger partial charge >= 0.3 is 0 Å². The first-order valence-electron chi connectivity index (χ1n) is 8.36. The highest BCUT2D eigenvalue weighted by Gasteiger charge is 2.03. The SMILES string of the molecule is CN=C(NCCc1ccc(Cl)nc1)NCCc1c[nH]c2ccccc12. The van der Waals surface area contributed by atoms with Gasteiger partial charge in [0, 0.05) is 43.4 Å². The minimum Gasteiger partial charge on any atom is -0.361 e. The zero-order chi connectivity index (χ0) is 17.5. The summed E-state index contributed by atoms with van der Waals surface area (Å²) in [6.07, 6.45) is 5.69. The number of nitrogens with one attached hydrogen (secondary N) is 3. The Kier molecular flexibility index (Phi) is 5.90. The Morgan fingerprint density at radius 1 is 1.12 bits per heavy atom. The van der Waals surface area contributed by atoms with Crippen LogP contribution < -0.4 is 10.6 Å². The number of benzene rings is 1. The summed E-state index contributed by atoms with van der Waals surface area (Å²) in [4.78, 5) is 11.7. The smallest absolute Gasteiger partial charge is 0.190 e. The van der Waals surface area contributed by atoms with Crippen molar-refractivity contribution in [2.75, 3.05) is 20.1 Å². The van der Waals surface area contributed by atoms with Gasteiger partial charge in [-0.25, -0.2) is 4.98 Å². The van der Waals surface area contributed by atoms with Gasteiger partial charge in [-0.1, -0.05) is 35.9 Å². The molecule has 0 unspecified atom stereocenters. The van der Waals surface area contributed by atoms with Crippen LogP contribution in [-0.2, 0) is 12.8 Å². The van der Waals surface area contributed by atoms with Crippen molar-refractivity contribution in [1.82, 2.24) is 20.6 Å². The van der Waals surface area contributed by atoms with Crippen LogP contribution in [0.1, 0.15) is 11.1 Å². The quantitative estimate of drug-likeness (QED) is 0.361. The number of H-pyrrole nitrogens is 1. The van der Waals surface area contributed by atoms with Crippen molar-refractivity contribution in [3.8, 4) is 0 Å². The number of pyridine rings is 1. The molecule has 0 fully saturated rings. The summed E-state index contributed by atoms with van der Waals surface area (Å²) in [5.41, 5.74) is 3.63. The lowest BCUT2D eigenvalue weighted by molar-refractivity contribution is 0.784. The Morgan fingerprint density at radius 2 is 1.92 bits per heavy atom. The fourth-order valence-electron chi connectivity index (χ4n) is 2.75. The normalized spacial score (nSPS) is 11.7. The number of aromatic amines is 1. The maximum Gasteiger partial charge on any atom is 0.190 e. The summed E-state index contributed by atoms with van der Waals surface area (Å²) in [7, 11) is 1.78. The van der Waals surface area contributed by atoms with E-state index < -0.39 is 0 Å². The summed E-state index contributed by atoms with van der Waals surface area (Å²) >= 11 is 5.80. The molecule has 0 saturated heterocycles. The molecule has 6 heteroatoms. The first-order valence-corrected chi connectivity index (χ1v) is 8.74. The molecular weight excluding hydrogens is 334 g/mol. The Balaban J connectivity index is 1.44. The third kappa shape index (κ3) is 4.73. The fraction of sp³-hybridized carbons (Fsp3) is 0.263. The van der Waals surface area contributed by atoms with Crippen LogP contribution in [0.25, 0.3) is 10.9 Å². The number of nitrogens with zero attached hydrogens (tertiary/aromatic N) is 2. The molecule has 5 nitrogen and oxygen atoms in total.